The van der Waals surface area contributed by atoms with Crippen LogP contribution in [0.25, 0.3) is 12.2 Å². The van der Waals surface area contributed by atoms with Gasteiger partial charge >= 0.3 is 0 Å². The molecule has 3 heteroatoms. The van der Waals surface area contributed by atoms with Crippen molar-refractivity contribution in [1.82, 2.24) is 0 Å². The lowest BCUT2D eigenvalue weighted by atomic mass is 10.0. The van der Waals surface area contributed by atoms with E-state index in [9.17, 15) is 0 Å². The average molecular weight is 266 g/mol. The molecule has 90 valence electrons. The van der Waals surface area contributed by atoms with Crippen molar-refractivity contribution in [3.8, 4) is 0 Å². The lowest BCUT2D eigenvalue weighted by molar-refractivity contribution is 0.816. The largest absolute Gasteiger partial charge is 0.324 e. The van der Waals surface area contributed by atoms with Crippen LogP contribution in [0.15, 0.2) is 41.8 Å². The molecular weight excluding hydrogens is 250 g/mol. The summed E-state index contributed by atoms with van der Waals surface area (Å²) in [6, 6.07) is 12.5. The maximum absolute atomic E-state index is 5.93. The van der Waals surface area contributed by atoms with Crippen LogP contribution in [-0.4, -0.2) is 0 Å². The van der Waals surface area contributed by atoms with E-state index in [1.54, 1.807) is 11.3 Å². The monoisotopic (exact) mass is 265 g/mol. The van der Waals surface area contributed by atoms with Crippen LogP contribution in [0.5, 0.6) is 0 Å². The van der Waals surface area contributed by atoms with Gasteiger partial charge in [-0.2, -0.15) is 0 Å². The van der Waals surface area contributed by atoms with Crippen molar-refractivity contribution in [2.24, 2.45) is 5.73 Å². The summed E-state index contributed by atoms with van der Waals surface area (Å²) in [7, 11) is 0. The van der Waals surface area contributed by atoms with E-state index in [-0.39, 0.29) is 18.4 Å². The van der Waals surface area contributed by atoms with Gasteiger partial charge < -0.3 is 5.73 Å². The van der Waals surface area contributed by atoms with Crippen LogP contribution in [0.1, 0.15) is 29.0 Å². The molecule has 0 aliphatic heterocycles. The molecule has 1 aromatic heterocycles. The highest BCUT2D eigenvalue weighted by Gasteiger charge is 2.02. The SMILES string of the molecule is C[C@H](N)c1ccccc1/C=C/c1cccs1.Cl. The van der Waals surface area contributed by atoms with Crippen LogP contribution >= 0.6 is 23.7 Å². The molecule has 0 saturated carbocycles. The Labute approximate surface area is 112 Å². The maximum Gasteiger partial charge on any atom is 0.0272 e. The molecule has 0 spiro atoms. The Morgan fingerprint density at radius 3 is 2.53 bits per heavy atom. The zero-order valence-corrected chi connectivity index (χ0v) is 11.3. The maximum atomic E-state index is 5.93. The predicted molar refractivity (Wildman–Crippen MR) is 79.5 cm³/mol. The number of benzene rings is 1. The van der Waals surface area contributed by atoms with Gasteiger partial charge in [-0.25, -0.2) is 0 Å². The first kappa shape index (κ1) is 14.0. The molecular formula is C14H16ClNS. The van der Waals surface area contributed by atoms with Gasteiger partial charge in [-0.1, -0.05) is 36.4 Å². The highest BCUT2D eigenvalue weighted by Crippen LogP contribution is 2.19. The third kappa shape index (κ3) is 3.70. The Morgan fingerprint density at radius 1 is 1.12 bits per heavy atom. The zero-order valence-electron chi connectivity index (χ0n) is 9.67. The summed E-state index contributed by atoms with van der Waals surface area (Å²) in [5, 5.41) is 2.08. The van der Waals surface area contributed by atoms with Gasteiger partial charge in [0.1, 0.15) is 0 Å². The summed E-state index contributed by atoms with van der Waals surface area (Å²) in [5.41, 5.74) is 8.32. The van der Waals surface area contributed by atoms with Crippen molar-refractivity contribution >= 4 is 35.9 Å². The molecule has 0 aliphatic rings. The summed E-state index contributed by atoms with van der Waals surface area (Å²) in [5.74, 6) is 0. The molecule has 2 aromatic rings. The number of halogens is 1. The van der Waals surface area contributed by atoms with E-state index >= 15 is 0 Å². The third-order valence-corrected chi connectivity index (χ3v) is 3.29. The highest BCUT2D eigenvalue weighted by atomic mass is 35.5. The molecule has 0 radical (unpaired) electrons. The minimum Gasteiger partial charge on any atom is -0.324 e. The van der Waals surface area contributed by atoms with Gasteiger partial charge in [-0.3, -0.25) is 0 Å². The molecule has 0 saturated heterocycles. The van der Waals surface area contributed by atoms with Crippen molar-refractivity contribution in [1.29, 1.82) is 0 Å². The molecule has 1 atom stereocenters. The second-order valence-electron chi connectivity index (χ2n) is 3.77. The van der Waals surface area contributed by atoms with Crippen LogP contribution in [0, 0.1) is 0 Å². The van der Waals surface area contributed by atoms with Crippen molar-refractivity contribution < 1.29 is 0 Å². The van der Waals surface area contributed by atoms with E-state index in [4.69, 9.17) is 5.73 Å². The first-order valence-electron chi connectivity index (χ1n) is 5.33. The van der Waals surface area contributed by atoms with Crippen LogP contribution in [0.4, 0.5) is 0 Å². The van der Waals surface area contributed by atoms with E-state index in [2.05, 4.69) is 41.8 Å². The molecule has 1 heterocycles. The number of hydrogen-bond acceptors (Lipinski definition) is 2. The fraction of sp³-hybridized carbons (Fsp3) is 0.143. The molecule has 2 rings (SSSR count). The number of rotatable bonds is 3. The van der Waals surface area contributed by atoms with Gasteiger partial charge in [0.05, 0.1) is 0 Å². The average Bonchev–Trinajstić information content (AvgIpc) is 2.79. The van der Waals surface area contributed by atoms with Crippen LogP contribution in [0.2, 0.25) is 0 Å². The van der Waals surface area contributed by atoms with Crippen LogP contribution < -0.4 is 5.73 Å². The molecule has 0 unspecified atom stereocenters. The van der Waals surface area contributed by atoms with E-state index in [1.165, 1.54) is 16.0 Å². The van der Waals surface area contributed by atoms with Gasteiger partial charge in [-0.05, 0) is 35.6 Å². The normalized spacial score (nSPS) is 12.4. The van der Waals surface area contributed by atoms with Crippen LogP contribution in [0.3, 0.4) is 0 Å². The molecule has 0 amide bonds. The predicted octanol–water partition coefficient (Wildman–Crippen LogP) is 4.36. The number of thiophene rings is 1. The fourth-order valence-electron chi connectivity index (χ4n) is 1.64. The zero-order chi connectivity index (χ0) is 11.4. The summed E-state index contributed by atoms with van der Waals surface area (Å²) in [6.45, 7) is 2.01. The number of nitrogens with two attached hydrogens (primary N) is 1. The van der Waals surface area contributed by atoms with Crippen molar-refractivity contribution in [2.75, 3.05) is 0 Å². The molecule has 0 fully saturated rings. The Balaban J connectivity index is 0.00000144. The van der Waals surface area contributed by atoms with Gasteiger partial charge in [0, 0.05) is 10.9 Å². The van der Waals surface area contributed by atoms with Gasteiger partial charge in [-0.15, -0.1) is 23.7 Å². The third-order valence-electron chi connectivity index (χ3n) is 2.46. The van der Waals surface area contributed by atoms with Gasteiger partial charge in [0.15, 0.2) is 0 Å². The minimum absolute atomic E-state index is 0. The Kier molecular flexibility index (Phi) is 5.42. The van der Waals surface area contributed by atoms with E-state index in [1.807, 2.05) is 19.1 Å². The van der Waals surface area contributed by atoms with Crippen molar-refractivity contribution in [3.05, 3.63) is 57.8 Å². The van der Waals surface area contributed by atoms with Crippen molar-refractivity contribution in [3.63, 3.8) is 0 Å². The quantitative estimate of drug-likeness (QED) is 0.877. The smallest absolute Gasteiger partial charge is 0.0272 e. The summed E-state index contributed by atoms with van der Waals surface area (Å²) >= 11 is 1.74. The highest BCUT2D eigenvalue weighted by molar-refractivity contribution is 7.10. The standard InChI is InChI=1S/C14H15NS.ClH/c1-11(15)14-7-3-2-5-12(14)8-9-13-6-4-10-16-13;/h2-11H,15H2,1H3;1H/b9-8+;/t11-;/m0./s1. The van der Waals surface area contributed by atoms with Gasteiger partial charge in [0.25, 0.3) is 0 Å². The van der Waals surface area contributed by atoms with Gasteiger partial charge in [0.2, 0.25) is 0 Å². The molecule has 17 heavy (non-hydrogen) atoms. The van der Waals surface area contributed by atoms with Crippen LogP contribution in [-0.2, 0) is 0 Å². The van der Waals surface area contributed by atoms with E-state index in [0.717, 1.165) is 0 Å². The van der Waals surface area contributed by atoms with E-state index in [0.29, 0.717) is 0 Å². The lowest BCUT2D eigenvalue weighted by Gasteiger charge is -2.08. The molecule has 0 bridgehead atoms. The number of hydrogen-bond donors (Lipinski definition) is 1. The van der Waals surface area contributed by atoms with E-state index < -0.39 is 0 Å². The van der Waals surface area contributed by atoms with Crippen molar-refractivity contribution in [2.45, 2.75) is 13.0 Å². The summed E-state index contributed by atoms with van der Waals surface area (Å²) in [4.78, 5) is 1.26. The fourth-order valence-corrected chi connectivity index (χ4v) is 2.25. The second kappa shape index (κ2) is 6.60. The molecule has 2 N–H and O–H groups in total. The second-order valence-corrected chi connectivity index (χ2v) is 4.75. The summed E-state index contributed by atoms with van der Waals surface area (Å²) < 4.78 is 0. The molecule has 1 nitrogen and oxygen atoms in total. The lowest BCUT2D eigenvalue weighted by Crippen LogP contribution is -2.06. The molecule has 1 aromatic carbocycles. The summed E-state index contributed by atoms with van der Waals surface area (Å²) in [6.07, 6.45) is 4.26. The minimum atomic E-state index is 0. The topological polar surface area (TPSA) is 26.0 Å². The first-order chi connectivity index (χ1) is 7.77. The Bertz CT molecular complexity index is 475. The first-order valence-corrected chi connectivity index (χ1v) is 6.21. The Hall–Kier alpha value is -1.09. The molecule has 0 aliphatic carbocycles. The Morgan fingerprint density at radius 2 is 1.88 bits per heavy atom.